The second-order valence-electron chi connectivity index (χ2n) is 6.79. The molecule has 7 nitrogen and oxygen atoms in total. The molecule has 2 rings (SSSR count). The van der Waals surface area contributed by atoms with Crippen LogP contribution in [0.2, 0.25) is 0 Å². The van der Waals surface area contributed by atoms with E-state index in [9.17, 15) is 9.59 Å². The third-order valence-electron chi connectivity index (χ3n) is 4.65. The molecule has 1 fully saturated rings. The van der Waals surface area contributed by atoms with Crippen molar-refractivity contribution in [3.63, 3.8) is 0 Å². The summed E-state index contributed by atoms with van der Waals surface area (Å²) in [4.78, 5) is 24.5. The van der Waals surface area contributed by atoms with Crippen molar-refractivity contribution in [3.05, 3.63) is 35.9 Å². The van der Waals surface area contributed by atoms with Crippen LogP contribution in [0.5, 0.6) is 0 Å². The lowest BCUT2D eigenvalue weighted by Crippen LogP contribution is -2.39. The number of carboxylic acids is 1. The molecule has 0 unspecified atom stereocenters. The summed E-state index contributed by atoms with van der Waals surface area (Å²) in [6.45, 7) is 3.37. The van der Waals surface area contributed by atoms with Crippen LogP contribution in [0.1, 0.15) is 44.1 Å². The summed E-state index contributed by atoms with van der Waals surface area (Å²) < 4.78 is 10.9. The van der Waals surface area contributed by atoms with Gasteiger partial charge in [0.15, 0.2) is 0 Å². The van der Waals surface area contributed by atoms with E-state index >= 15 is 0 Å². The van der Waals surface area contributed by atoms with Crippen LogP contribution in [-0.2, 0) is 20.9 Å². The quantitative estimate of drug-likeness (QED) is 0.455. The number of nitrogens with zero attached hydrogens (tertiary/aromatic N) is 1. The van der Waals surface area contributed by atoms with Crippen LogP contribution >= 0.6 is 0 Å². The SMILES string of the molecule is O=C(O)CCCCCN1CCC(OCNC(=O)OCc2ccccc2)CC1. The van der Waals surface area contributed by atoms with Gasteiger partial charge in [-0.05, 0) is 37.8 Å². The molecule has 27 heavy (non-hydrogen) atoms. The number of rotatable bonds is 11. The maximum atomic E-state index is 11.7. The molecule has 1 saturated heterocycles. The zero-order valence-electron chi connectivity index (χ0n) is 15.8. The van der Waals surface area contributed by atoms with E-state index in [1.165, 1.54) is 0 Å². The molecule has 150 valence electrons. The molecule has 1 heterocycles. The van der Waals surface area contributed by atoms with Gasteiger partial charge in [-0.25, -0.2) is 4.79 Å². The highest BCUT2D eigenvalue weighted by molar-refractivity contribution is 5.67. The van der Waals surface area contributed by atoms with E-state index in [-0.39, 0.29) is 25.9 Å². The summed E-state index contributed by atoms with van der Waals surface area (Å²) >= 11 is 0. The molecule has 1 aliphatic heterocycles. The highest BCUT2D eigenvalue weighted by Gasteiger charge is 2.19. The van der Waals surface area contributed by atoms with Crippen molar-refractivity contribution in [1.82, 2.24) is 10.2 Å². The molecule has 0 bridgehead atoms. The van der Waals surface area contributed by atoms with Crippen molar-refractivity contribution in [2.24, 2.45) is 0 Å². The van der Waals surface area contributed by atoms with Gasteiger partial charge in [0.05, 0.1) is 6.10 Å². The van der Waals surface area contributed by atoms with Crippen LogP contribution in [-0.4, -0.2) is 54.5 Å². The number of hydrogen-bond acceptors (Lipinski definition) is 5. The predicted octanol–water partition coefficient (Wildman–Crippen LogP) is 3.00. The van der Waals surface area contributed by atoms with Crippen molar-refractivity contribution in [2.75, 3.05) is 26.4 Å². The van der Waals surface area contributed by atoms with Crippen molar-refractivity contribution in [3.8, 4) is 0 Å². The summed E-state index contributed by atoms with van der Waals surface area (Å²) in [5.41, 5.74) is 0.948. The molecular weight excluding hydrogens is 348 g/mol. The minimum atomic E-state index is -0.717. The lowest BCUT2D eigenvalue weighted by Gasteiger charge is -2.31. The Labute approximate surface area is 160 Å². The fourth-order valence-electron chi connectivity index (χ4n) is 3.08. The molecule has 1 aromatic carbocycles. The van der Waals surface area contributed by atoms with Gasteiger partial charge in [-0.3, -0.25) is 10.1 Å². The normalized spacial score (nSPS) is 15.4. The standard InChI is InChI=1S/C20H30N2O5/c23-19(24)9-5-2-6-12-22-13-10-18(11-14-22)27-16-21-20(25)26-15-17-7-3-1-4-8-17/h1,3-4,7-8,18H,2,5-6,9-16H2,(H,21,25)(H,23,24). The molecule has 0 radical (unpaired) electrons. The number of carbonyl (C=O) groups excluding carboxylic acids is 1. The zero-order chi connectivity index (χ0) is 19.3. The van der Waals surface area contributed by atoms with E-state index < -0.39 is 12.1 Å². The first-order valence-corrected chi connectivity index (χ1v) is 9.64. The molecule has 0 spiro atoms. The van der Waals surface area contributed by atoms with E-state index in [0.29, 0.717) is 0 Å². The molecule has 7 heteroatoms. The molecule has 0 saturated carbocycles. The van der Waals surface area contributed by atoms with Crippen molar-refractivity contribution < 1.29 is 24.2 Å². The van der Waals surface area contributed by atoms with Crippen LogP contribution in [0.25, 0.3) is 0 Å². The Morgan fingerprint density at radius 2 is 1.85 bits per heavy atom. The molecule has 1 amide bonds. The maximum Gasteiger partial charge on any atom is 0.409 e. The number of unbranched alkanes of at least 4 members (excludes halogenated alkanes) is 2. The average molecular weight is 378 g/mol. The number of benzene rings is 1. The molecule has 2 N–H and O–H groups in total. The molecule has 0 atom stereocenters. The fraction of sp³-hybridized carbons (Fsp3) is 0.600. The van der Waals surface area contributed by atoms with Crippen molar-refractivity contribution in [2.45, 2.75) is 51.2 Å². The smallest absolute Gasteiger partial charge is 0.409 e. The Morgan fingerprint density at radius 1 is 1.11 bits per heavy atom. The number of carboxylic acid groups (broad SMARTS) is 1. The van der Waals surface area contributed by atoms with E-state index in [0.717, 1.165) is 57.3 Å². The third kappa shape index (κ3) is 9.40. The van der Waals surface area contributed by atoms with Crippen LogP contribution in [0.3, 0.4) is 0 Å². The van der Waals surface area contributed by atoms with E-state index in [1.54, 1.807) is 0 Å². The minimum absolute atomic E-state index is 0.155. The molecule has 1 aliphatic rings. The number of nitrogens with one attached hydrogen (secondary N) is 1. The minimum Gasteiger partial charge on any atom is -0.481 e. The van der Waals surface area contributed by atoms with Gasteiger partial charge in [0.2, 0.25) is 0 Å². The fourth-order valence-corrected chi connectivity index (χ4v) is 3.08. The Hall–Kier alpha value is -2.12. The number of aliphatic carboxylic acids is 1. The van der Waals surface area contributed by atoms with Gasteiger partial charge in [0, 0.05) is 19.5 Å². The van der Waals surface area contributed by atoms with Gasteiger partial charge in [-0.15, -0.1) is 0 Å². The second-order valence-corrected chi connectivity index (χ2v) is 6.79. The zero-order valence-corrected chi connectivity index (χ0v) is 15.8. The Kier molecular flexibility index (Phi) is 9.65. The van der Waals surface area contributed by atoms with Gasteiger partial charge >= 0.3 is 12.1 Å². The molecule has 0 aromatic heterocycles. The number of alkyl carbamates (subject to hydrolysis) is 1. The Morgan fingerprint density at radius 3 is 2.56 bits per heavy atom. The van der Waals surface area contributed by atoms with Crippen LogP contribution in [0.4, 0.5) is 4.79 Å². The van der Waals surface area contributed by atoms with Crippen molar-refractivity contribution in [1.29, 1.82) is 0 Å². The summed E-state index contributed by atoms with van der Waals surface area (Å²) in [7, 11) is 0. The first kappa shape index (κ1) is 21.2. The summed E-state index contributed by atoms with van der Waals surface area (Å²) in [6.07, 6.45) is 4.56. The summed E-state index contributed by atoms with van der Waals surface area (Å²) in [5, 5.41) is 11.2. The van der Waals surface area contributed by atoms with E-state index in [2.05, 4.69) is 10.2 Å². The monoisotopic (exact) mass is 378 g/mol. The molecule has 0 aliphatic carbocycles. The Balaban J connectivity index is 1.47. The molecule has 1 aromatic rings. The van der Waals surface area contributed by atoms with Crippen LogP contribution < -0.4 is 5.32 Å². The number of piperidine rings is 1. The van der Waals surface area contributed by atoms with Crippen LogP contribution in [0, 0.1) is 0 Å². The van der Waals surface area contributed by atoms with Gasteiger partial charge in [-0.2, -0.15) is 0 Å². The largest absolute Gasteiger partial charge is 0.481 e. The maximum absolute atomic E-state index is 11.7. The first-order valence-electron chi connectivity index (χ1n) is 9.64. The first-order chi connectivity index (χ1) is 13.1. The van der Waals surface area contributed by atoms with Crippen LogP contribution in [0.15, 0.2) is 30.3 Å². The lowest BCUT2D eigenvalue weighted by atomic mass is 10.1. The number of amides is 1. The highest BCUT2D eigenvalue weighted by atomic mass is 16.6. The average Bonchev–Trinajstić information content (AvgIpc) is 2.68. The van der Waals surface area contributed by atoms with Gasteiger partial charge in [-0.1, -0.05) is 36.8 Å². The van der Waals surface area contributed by atoms with Crippen molar-refractivity contribution >= 4 is 12.1 Å². The predicted molar refractivity (Wildman–Crippen MR) is 101 cm³/mol. The van der Waals surface area contributed by atoms with E-state index in [4.69, 9.17) is 14.6 Å². The summed E-state index contributed by atoms with van der Waals surface area (Å²) in [5.74, 6) is -0.717. The van der Waals surface area contributed by atoms with Gasteiger partial charge in [0.25, 0.3) is 0 Å². The van der Waals surface area contributed by atoms with Gasteiger partial charge < -0.3 is 19.5 Å². The summed E-state index contributed by atoms with van der Waals surface area (Å²) in [6, 6.07) is 9.54. The highest BCUT2D eigenvalue weighted by Crippen LogP contribution is 2.14. The number of carbonyl (C=O) groups is 2. The topological polar surface area (TPSA) is 88.1 Å². The second kappa shape index (κ2) is 12.3. The van der Waals surface area contributed by atoms with E-state index in [1.807, 2.05) is 30.3 Å². The number of ether oxygens (including phenoxy) is 2. The molecular formula is C20H30N2O5. The Bertz CT molecular complexity index is 559. The van der Waals surface area contributed by atoms with Gasteiger partial charge in [0.1, 0.15) is 13.3 Å². The third-order valence-corrected chi connectivity index (χ3v) is 4.65. The lowest BCUT2D eigenvalue weighted by molar-refractivity contribution is -0.137. The number of likely N-dealkylation sites (tertiary alicyclic amines) is 1. The number of hydrogen-bond donors (Lipinski definition) is 2.